The Kier molecular flexibility index (Phi) is 8.47. The van der Waals surface area contributed by atoms with E-state index in [0.29, 0.717) is 13.0 Å². The number of piperidine rings is 1. The lowest BCUT2D eigenvalue weighted by atomic mass is 9.75. The Morgan fingerprint density at radius 1 is 1.19 bits per heavy atom. The number of rotatable bonds is 5. The van der Waals surface area contributed by atoms with Crippen molar-refractivity contribution >= 4 is 35.5 Å². The molecule has 0 aliphatic carbocycles. The van der Waals surface area contributed by atoms with Gasteiger partial charge in [-0.05, 0) is 49.3 Å². The molecule has 4 rings (SSSR count). The van der Waals surface area contributed by atoms with Gasteiger partial charge in [0, 0.05) is 18.0 Å². The molecule has 1 N–H and O–H groups in total. The lowest BCUT2D eigenvalue weighted by Gasteiger charge is -2.44. The number of aliphatic carboxylic acids is 1. The van der Waals surface area contributed by atoms with Crippen LogP contribution in [0.3, 0.4) is 0 Å². The monoisotopic (exact) mass is 546 g/mol. The second-order valence-corrected chi connectivity index (χ2v) is 10.2. The van der Waals surface area contributed by atoms with E-state index in [2.05, 4.69) is 11.8 Å². The molecule has 3 saturated heterocycles. The van der Waals surface area contributed by atoms with Crippen molar-refractivity contribution in [1.29, 1.82) is 0 Å². The summed E-state index contributed by atoms with van der Waals surface area (Å²) in [4.78, 5) is 52.7. The minimum Gasteiger partial charge on any atom is -0.496 e. The van der Waals surface area contributed by atoms with Crippen molar-refractivity contribution in [3.63, 3.8) is 0 Å². The van der Waals surface area contributed by atoms with E-state index in [1.165, 1.54) is 19.1 Å². The fourth-order valence-electron chi connectivity index (χ4n) is 5.64. The largest absolute Gasteiger partial charge is 0.496 e. The number of alkyl halides is 3. The van der Waals surface area contributed by atoms with Gasteiger partial charge in [0.2, 0.25) is 11.8 Å². The number of nitrogens with zero attached hydrogens (tertiary/aromatic N) is 2. The van der Waals surface area contributed by atoms with Gasteiger partial charge in [0.25, 0.3) is 0 Å². The SMILES string of the molecule is CCSc1ccc([C@@H]2[C@H]3C(=O)N(C)C(=O)[C@H]3[C@]3(C(=O)OC)CCCCN23)cc1OC.O=C(O)C(F)(F)F. The van der Waals surface area contributed by atoms with Gasteiger partial charge in [-0.3, -0.25) is 24.2 Å². The number of likely N-dealkylation sites (tertiary alicyclic amines) is 1. The third kappa shape index (κ3) is 4.90. The van der Waals surface area contributed by atoms with Crippen LogP contribution in [-0.2, 0) is 23.9 Å². The molecule has 0 unspecified atom stereocenters. The number of thioether (sulfide) groups is 1. The number of hydrogen-bond donors (Lipinski definition) is 1. The molecule has 9 nitrogen and oxygen atoms in total. The van der Waals surface area contributed by atoms with E-state index >= 15 is 0 Å². The van der Waals surface area contributed by atoms with Crippen molar-refractivity contribution < 1.29 is 46.9 Å². The number of amides is 2. The average molecular weight is 547 g/mol. The van der Waals surface area contributed by atoms with E-state index in [1.54, 1.807) is 18.9 Å². The van der Waals surface area contributed by atoms with Crippen LogP contribution in [0.5, 0.6) is 5.75 Å². The number of carbonyl (C=O) groups excluding carboxylic acids is 3. The molecule has 3 heterocycles. The zero-order valence-corrected chi connectivity index (χ0v) is 21.6. The van der Waals surface area contributed by atoms with Gasteiger partial charge in [-0.1, -0.05) is 13.0 Å². The first-order valence-corrected chi connectivity index (χ1v) is 12.6. The van der Waals surface area contributed by atoms with Crippen molar-refractivity contribution in [2.75, 3.05) is 33.6 Å². The molecule has 13 heteroatoms. The van der Waals surface area contributed by atoms with Crippen molar-refractivity contribution in [1.82, 2.24) is 9.80 Å². The van der Waals surface area contributed by atoms with Crippen LogP contribution in [0.1, 0.15) is 37.8 Å². The molecule has 0 spiro atoms. The van der Waals surface area contributed by atoms with Gasteiger partial charge >= 0.3 is 18.1 Å². The van der Waals surface area contributed by atoms with Crippen molar-refractivity contribution in [2.45, 2.75) is 48.8 Å². The quantitative estimate of drug-likeness (QED) is 0.338. The number of fused-ring (bicyclic) bond motifs is 3. The van der Waals surface area contributed by atoms with Crippen LogP contribution in [0.15, 0.2) is 23.1 Å². The van der Waals surface area contributed by atoms with Crippen LogP contribution in [0.25, 0.3) is 0 Å². The Hall–Kier alpha value is -2.80. The molecule has 2 amide bonds. The maximum Gasteiger partial charge on any atom is 0.490 e. The Morgan fingerprint density at radius 2 is 1.84 bits per heavy atom. The molecule has 1 aromatic carbocycles. The first-order valence-electron chi connectivity index (χ1n) is 11.6. The van der Waals surface area contributed by atoms with Crippen LogP contribution in [0.2, 0.25) is 0 Å². The summed E-state index contributed by atoms with van der Waals surface area (Å²) in [6, 6.07) is 5.59. The molecule has 3 fully saturated rings. The number of esters is 1. The second-order valence-electron chi connectivity index (χ2n) is 8.90. The number of methoxy groups -OCH3 is 2. The predicted molar refractivity (Wildman–Crippen MR) is 126 cm³/mol. The molecule has 0 aromatic heterocycles. The van der Waals surface area contributed by atoms with Crippen LogP contribution in [-0.4, -0.2) is 83.9 Å². The number of carbonyl (C=O) groups is 4. The van der Waals surface area contributed by atoms with Gasteiger partial charge in [0.15, 0.2) is 0 Å². The summed E-state index contributed by atoms with van der Waals surface area (Å²) < 4.78 is 42.6. The third-order valence-corrected chi connectivity index (χ3v) is 8.03. The average Bonchev–Trinajstić information content (AvgIpc) is 3.30. The summed E-state index contributed by atoms with van der Waals surface area (Å²) in [5.74, 6) is -3.34. The molecular weight excluding hydrogens is 517 g/mol. The van der Waals surface area contributed by atoms with Crippen molar-refractivity contribution in [3.05, 3.63) is 23.8 Å². The molecule has 3 aliphatic rings. The number of carboxylic acid groups (broad SMARTS) is 1. The van der Waals surface area contributed by atoms with E-state index in [-0.39, 0.29) is 17.9 Å². The summed E-state index contributed by atoms with van der Waals surface area (Å²) in [6.45, 7) is 2.72. The Morgan fingerprint density at radius 3 is 2.38 bits per heavy atom. The summed E-state index contributed by atoms with van der Waals surface area (Å²) >= 11 is 1.69. The maximum atomic E-state index is 13.2. The van der Waals surface area contributed by atoms with E-state index < -0.39 is 35.5 Å². The smallest absolute Gasteiger partial charge is 0.490 e. The second kappa shape index (κ2) is 10.9. The van der Waals surface area contributed by atoms with E-state index in [1.807, 2.05) is 18.2 Å². The summed E-state index contributed by atoms with van der Waals surface area (Å²) in [6.07, 6.45) is -2.83. The highest BCUT2D eigenvalue weighted by molar-refractivity contribution is 7.99. The lowest BCUT2D eigenvalue weighted by molar-refractivity contribution is -0.192. The van der Waals surface area contributed by atoms with Gasteiger partial charge in [-0.25, -0.2) is 4.79 Å². The van der Waals surface area contributed by atoms with Crippen LogP contribution >= 0.6 is 11.8 Å². The van der Waals surface area contributed by atoms with Gasteiger partial charge in [0.1, 0.15) is 11.3 Å². The number of carboxylic acids is 1. The fourth-order valence-corrected chi connectivity index (χ4v) is 6.40. The summed E-state index contributed by atoms with van der Waals surface area (Å²) in [5, 5.41) is 7.12. The first kappa shape index (κ1) is 28.8. The van der Waals surface area contributed by atoms with Gasteiger partial charge in [0.05, 0.1) is 26.1 Å². The number of imide groups is 1. The van der Waals surface area contributed by atoms with E-state index in [0.717, 1.165) is 34.8 Å². The highest BCUT2D eigenvalue weighted by Crippen LogP contribution is 2.58. The minimum atomic E-state index is -5.08. The van der Waals surface area contributed by atoms with E-state index in [9.17, 15) is 27.6 Å². The van der Waals surface area contributed by atoms with Gasteiger partial charge in [-0.2, -0.15) is 13.2 Å². The minimum absolute atomic E-state index is 0.223. The number of halogens is 3. The number of benzene rings is 1. The predicted octanol–water partition coefficient (Wildman–Crippen LogP) is 3.12. The molecule has 0 radical (unpaired) electrons. The third-order valence-electron chi connectivity index (χ3n) is 7.09. The molecule has 3 aliphatic heterocycles. The number of ether oxygens (including phenoxy) is 2. The summed E-state index contributed by atoms with van der Waals surface area (Å²) in [5.41, 5.74) is -0.198. The molecule has 0 saturated carbocycles. The highest BCUT2D eigenvalue weighted by atomic mass is 32.2. The molecular formula is C24H29F3N2O7S. The molecule has 0 bridgehead atoms. The van der Waals surface area contributed by atoms with Crippen LogP contribution in [0, 0.1) is 11.8 Å². The van der Waals surface area contributed by atoms with Crippen molar-refractivity contribution in [2.24, 2.45) is 11.8 Å². The zero-order valence-electron chi connectivity index (χ0n) is 20.8. The Labute approximate surface area is 216 Å². The molecule has 4 atom stereocenters. The standard InChI is InChI=1S/C22H28N2O5S.C2HF3O2/c1-5-30-15-9-8-13(12-14(15)28-3)18-16-17(20(26)23(2)19(16)25)22(21(27)29-4)10-6-7-11-24(18)22;3-2(4,5)1(6)7/h8-9,12,16-18H,5-7,10-11H2,1-4H3;(H,6,7)/t16-,17-,18+,22-;/m0./s1. The number of hydrogen-bond acceptors (Lipinski definition) is 8. The molecule has 1 aromatic rings. The fraction of sp³-hybridized carbons (Fsp3) is 0.583. The van der Waals surface area contributed by atoms with Gasteiger partial charge in [-0.15, -0.1) is 11.8 Å². The zero-order chi connectivity index (χ0) is 27.7. The topological polar surface area (TPSA) is 113 Å². The highest BCUT2D eigenvalue weighted by Gasteiger charge is 2.72. The van der Waals surface area contributed by atoms with Gasteiger partial charge < -0.3 is 14.6 Å². The first-order chi connectivity index (χ1) is 17.4. The van der Waals surface area contributed by atoms with Crippen molar-refractivity contribution in [3.8, 4) is 5.75 Å². The van der Waals surface area contributed by atoms with Crippen LogP contribution in [0.4, 0.5) is 13.2 Å². The van der Waals surface area contributed by atoms with Crippen LogP contribution < -0.4 is 4.74 Å². The normalized spacial score (nSPS) is 27.2. The molecule has 204 valence electrons. The Balaban J connectivity index is 0.000000479. The molecule has 37 heavy (non-hydrogen) atoms. The maximum absolute atomic E-state index is 13.2. The lowest BCUT2D eigenvalue weighted by Crippen LogP contribution is -2.59. The van der Waals surface area contributed by atoms with E-state index in [4.69, 9.17) is 19.4 Å². The Bertz CT molecular complexity index is 1080. The summed E-state index contributed by atoms with van der Waals surface area (Å²) in [7, 11) is 4.50.